The van der Waals surface area contributed by atoms with E-state index in [1.165, 1.54) is 6.07 Å². The Bertz CT molecular complexity index is 452. The molecule has 0 heterocycles. The third-order valence-corrected chi connectivity index (χ3v) is 2.39. The molecule has 4 nitrogen and oxygen atoms in total. The second-order valence-electron chi connectivity index (χ2n) is 3.81. The highest BCUT2D eigenvalue weighted by Crippen LogP contribution is 2.28. The number of amides is 3. The van der Waals surface area contributed by atoms with Gasteiger partial charge in [0.25, 0.3) is 0 Å². The summed E-state index contributed by atoms with van der Waals surface area (Å²) in [5.74, 6) is -2.34. The lowest BCUT2D eigenvalue weighted by Gasteiger charge is -2.07. The van der Waals surface area contributed by atoms with Crippen molar-refractivity contribution in [1.82, 2.24) is 5.32 Å². The van der Waals surface area contributed by atoms with Crippen molar-refractivity contribution in [2.24, 2.45) is 5.92 Å². The predicted octanol–water partition coefficient (Wildman–Crippen LogP) is 2.02. The molecule has 0 aromatic heterocycles. The molecule has 1 saturated carbocycles. The van der Waals surface area contributed by atoms with E-state index in [-0.39, 0.29) is 5.92 Å². The van der Waals surface area contributed by atoms with Crippen molar-refractivity contribution in [3.05, 3.63) is 29.8 Å². The number of nitrogens with one attached hydrogen (secondary N) is 2. The predicted molar refractivity (Wildman–Crippen MR) is 56.2 cm³/mol. The van der Waals surface area contributed by atoms with E-state index in [9.17, 15) is 18.4 Å². The highest BCUT2D eigenvalue weighted by atomic mass is 19.1. The summed E-state index contributed by atoms with van der Waals surface area (Å²) in [5, 5.41) is 3.99. The summed E-state index contributed by atoms with van der Waals surface area (Å²) in [4.78, 5) is 22.5. The number of carbonyl (C=O) groups is 2. The zero-order chi connectivity index (χ0) is 12.4. The largest absolute Gasteiger partial charge is 0.326 e. The van der Waals surface area contributed by atoms with Crippen molar-refractivity contribution in [3.8, 4) is 0 Å². The molecule has 0 atom stereocenters. The number of imide groups is 1. The minimum atomic E-state index is -0.925. The van der Waals surface area contributed by atoms with E-state index in [2.05, 4.69) is 0 Å². The Labute approximate surface area is 96.0 Å². The molecule has 17 heavy (non-hydrogen) atoms. The standard InChI is InChI=1S/C11H10F2N2O2/c12-7-2-1-3-8(13)9(7)14-11(17)15-10(16)6-4-5-6/h1-3,6H,4-5H2,(H2,14,15,16,17). The molecule has 0 bridgehead atoms. The summed E-state index contributed by atoms with van der Waals surface area (Å²) in [5.41, 5.74) is -0.561. The summed E-state index contributed by atoms with van der Waals surface area (Å²) < 4.78 is 26.3. The van der Waals surface area contributed by atoms with Gasteiger partial charge in [-0.15, -0.1) is 0 Å². The van der Waals surface area contributed by atoms with Crippen LogP contribution in [0.3, 0.4) is 0 Å². The maximum atomic E-state index is 13.2. The van der Waals surface area contributed by atoms with Gasteiger partial charge in [0.1, 0.15) is 17.3 Å². The highest BCUT2D eigenvalue weighted by molar-refractivity contribution is 6.02. The fourth-order valence-corrected chi connectivity index (χ4v) is 1.32. The number of carbonyl (C=O) groups excluding carboxylic acids is 2. The van der Waals surface area contributed by atoms with E-state index in [1.807, 2.05) is 10.6 Å². The monoisotopic (exact) mass is 240 g/mol. The molecule has 0 unspecified atom stereocenters. The molecule has 1 fully saturated rings. The minimum Gasteiger partial charge on any atom is -0.302 e. The third kappa shape index (κ3) is 2.77. The molecule has 1 aromatic carbocycles. The van der Waals surface area contributed by atoms with Crippen LogP contribution in [0.15, 0.2) is 18.2 Å². The number of para-hydroxylation sites is 1. The van der Waals surface area contributed by atoms with Crippen LogP contribution < -0.4 is 10.6 Å². The maximum absolute atomic E-state index is 13.2. The fourth-order valence-electron chi connectivity index (χ4n) is 1.32. The average Bonchev–Trinajstić information content (AvgIpc) is 3.07. The number of rotatable bonds is 2. The van der Waals surface area contributed by atoms with E-state index in [1.54, 1.807) is 0 Å². The van der Waals surface area contributed by atoms with Crippen LogP contribution in [0.2, 0.25) is 0 Å². The van der Waals surface area contributed by atoms with Gasteiger partial charge < -0.3 is 5.32 Å². The first-order valence-corrected chi connectivity index (χ1v) is 5.14. The number of urea groups is 1. The zero-order valence-corrected chi connectivity index (χ0v) is 8.80. The van der Waals surface area contributed by atoms with E-state index in [0.29, 0.717) is 0 Å². The topological polar surface area (TPSA) is 58.2 Å². The fraction of sp³-hybridized carbons (Fsp3) is 0.273. The van der Waals surface area contributed by atoms with Crippen molar-refractivity contribution in [2.45, 2.75) is 12.8 Å². The summed E-state index contributed by atoms with van der Waals surface area (Å²) in [6.07, 6.45) is 1.49. The van der Waals surface area contributed by atoms with Gasteiger partial charge in [-0.3, -0.25) is 10.1 Å². The first-order valence-electron chi connectivity index (χ1n) is 5.14. The minimum absolute atomic E-state index is 0.147. The summed E-state index contributed by atoms with van der Waals surface area (Å²) in [6, 6.07) is 2.29. The zero-order valence-electron chi connectivity index (χ0n) is 8.80. The molecule has 0 saturated heterocycles. The number of anilines is 1. The van der Waals surface area contributed by atoms with Crippen LogP contribution in [0.1, 0.15) is 12.8 Å². The molecule has 6 heteroatoms. The van der Waals surface area contributed by atoms with Gasteiger partial charge >= 0.3 is 6.03 Å². The van der Waals surface area contributed by atoms with Gasteiger partial charge in [-0.1, -0.05) is 6.07 Å². The van der Waals surface area contributed by atoms with Crippen LogP contribution in [0.25, 0.3) is 0 Å². The SMILES string of the molecule is O=C(NC(=O)C1CC1)Nc1c(F)cccc1F. The Balaban J connectivity index is 2.00. The Kier molecular flexibility index (Phi) is 3.03. The summed E-state index contributed by atoms with van der Waals surface area (Å²) >= 11 is 0. The van der Waals surface area contributed by atoms with E-state index in [0.717, 1.165) is 25.0 Å². The van der Waals surface area contributed by atoms with Crippen LogP contribution in [-0.2, 0) is 4.79 Å². The molecule has 90 valence electrons. The summed E-state index contributed by atoms with van der Waals surface area (Å²) in [7, 11) is 0. The lowest BCUT2D eigenvalue weighted by Crippen LogP contribution is -2.35. The van der Waals surface area contributed by atoms with Gasteiger partial charge in [0.15, 0.2) is 0 Å². The lowest BCUT2D eigenvalue weighted by atomic mass is 10.3. The van der Waals surface area contributed by atoms with Gasteiger partial charge in [-0.25, -0.2) is 13.6 Å². The quantitative estimate of drug-likeness (QED) is 0.830. The van der Waals surface area contributed by atoms with E-state index in [4.69, 9.17) is 0 Å². The van der Waals surface area contributed by atoms with Crippen molar-refractivity contribution in [3.63, 3.8) is 0 Å². The van der Waals surface area contributed by atoms with Crippen LogP contribution >= 0.6 is 0 Å². The number of hydrogen-bond acceptors (Lipinski definition) is 2. The highest BCUT2D eigenvalue weighted by Gasteiger charge is 2.30. The molecule has 3 amide bonds. The van der Waals surface area contributed by atoms with Crippen LogP contribution in [0.4, 0.5) is 19.3 Å². The average molecular weight is 240 g/mol. The smallest absolute Gasteiger partial charge is 0.302 e. The van der Waals surface area contributed by atoms with Crippen LogP contribution in [0, 0.1) is 17.6 Å². The molecule has 2 rings (SSSR count). The number of benzene rings is 1. The molecule has 1 aliphatic rings. The van der Waals surface area contributed by atoms with Gasteiger partial charge in [-0.05, 0) is 25.0 Å². The Hall–Kier alpha value is -1.98. The van der Waals surface area contributed by atoms with Crippen molar-refractivity contribution in [1.29, 1.82) is 0 Å². The maximum Gasteiger partial charge on any atom is 0.326 e. The van der Waals surface area contributed by atoms with Crippen molar-refractivity contribution >= 4 is 17.6 Å². The Morgan fingerprint density at radius 3 is 2.29 bits per heavy atom. The van der Waals surface area contributed by atoms with Gasteiger partial charge in [0.2, 0.25) is 5.91 Å². The molecule has 0 spiro atoms. The van der Waals surface area contributed by atoms with Crippen LogP contribution in [0.5, 0.6) is 0 Å². The number of hydrogen-bond donors (Lipinski definition) is 2. The normalized spacial score (nSPS) is 14.2. The second kappa shape index (κ2) is 4.48. The van der Waals surface area contributed by atoms with Crippen LogP contribution in [-0.4, -0.2) is 11.9 Å². The molecule has 1 aliphatic carbocycles. The summed E-state index contributed by atoms with van der Waals surface area (Å²) in [6.45, 7) is 0. The van der Waals surface area contributed by atoms with Crippen molar-refractivity contribution in [2.75, 3.05) is 5.32 Å². The molecule has 1 aromatic rings. The first-order chi connectivity index (χ1) is 8.08. The van der Waals surface area contributed by atoms with Crippen molar-refractivity contribution < 1.29 is 18.4 Å². The number of halogens is 2. The molecule has 0 radical (unpaired) electrons. The molecular formula is C11H10F2N2O2. The van der Waals surface area contributed by atoms with Gasteiger partial charge in [-0.2, -0.15) is 0 Å². The lowest BCUT2D eigenvalue weighted by molar-refractivity contribution is -0.121. The first kappa shape index (κ1) is 11.5. The molecule has 2 N–H and O–H groups in total. The van der Waals surface area contributed by atoms with Gasteiger partial charge in [0.05, 0.1) is 0 Å². The van der Waals surface area contributed by atoms with E-state index < -0.39 is 29.3 Å². The second-order valence-corrected chi connectivity index (χ2v) is 3.81. The third-order valence-electron chi connectivity index (χ3n) is 2.39. The Morgan fingerprint density at radius 1 is 1.18 bits per heavy atom. The molecule has 0 aliphatic heterocycles. The van der Waals surface area contributed by atoms with E-state index >= 15 is 0 Å². The Morgan fingerprint density at radius 2 is 1.76 bits per heavy atom. The molecular weight excluding hydrogens is 230 g/mol. The van der Waals surface area contributed by atoms with Gasteiger partial charge in [0, 0.05) is 5.92 Å².